The van der Waals surface area contributed by atoms with Gasteiger partial charge in [0.15, 0.2) is 11.6 Å². The van der Waals surface area contributed by atoms with Gasteiger partial charge in [-0.15, -0.1) is 0 Å². The fourth-order valence-electron chi connectivity index (χ4n) is 3.52. The third kappa shape index (κ3) is 2.30. The van der Waals surface area contributed by atoms with Crippen molar-refractivity contribution in [3.05, 3.63) is 84.4 Å². The van der Waals surface area contributed by atoms with Gasteiger partial charge in [0, 0.05) is 13.6 Å². The lowest BCUT2D eigenvalue weighted by Gasteiger charge is -2.09. The molecule has 0 fully saturated rings. The summed E-state index contributed by atoms with van der Waals surface area (Å²) in [5.74, 6) is 1.78. The Morgan fingerprint density at radius 2 is 1.23 bits per heavy atom. The Balaban J connectivity index is 1.76. The summed E-state index contributed by atoms with van der Waals surface area (Å²) in [5.41, 5.74) is 5.46. The monoisotopic (exact) mass is 338 g/mol. The summed E-state index contributed by atoms with van der Waals surface area (Å²) in [7, 11) is 2.05. The Labute approximate surface area is 151 Å². The van der Waals surface area contributed by atoms with E-state index in [-0.39, 0.29) is 0 Å². The number of nitrogens with zero attached hydrogens (tertiary/aromatic N) is 4. The molecular formula is C22H18N4. The number of fused-ring (bicyclic) bond motifs is 2. The smallest absolute Gasteiger partial charge is 0.177 e. The SMILES string of the molecule is Cn1c(-c2nc3ccccc3n2Cc2ccccc2)nc2ccccc21. The number of para-hydroxylation sites is 4. The zero-order chi connectivity index (χ0) is 17.5. The van der Waals surface area contributed by atoms with E-state index in [0.29, 0.717) is 0 Å². The second-order valence-corrected chi connectivity index (χ2v) is 6.48. The molecule has 5 aromatic rings. The van der Waals surface area contributed by atoms with Crippen molar-refractivity contribution in [2.24, 2.45) is 7.05 Å². The highest BCUT2D eigenvalue weighted by atomic mass is 15.2. The zero-order valence-electron chi connectivity index (χ0n) is 14.5. The molecule has 26 heavy (non-hydrogen) atoms. The van der Waals surface area contributed by atoms with Crippen LogP contribution in [0, 0.1) is 0 Å². The molecule has 4 nitrogen and oxygen atoms in total. The minimum absolute atomic E-state index is 0.764. The molecule has 0 aliphatic rings. The molecule has 0 aliphatic carbocycles. The van der Waals surface area contributed by atoms with Crippen molar-refractivity contribution in [2.45, 2.75) is 6.54 Å². The third-order valence-electron chi connectivity index (χ3n) is 4.83. The van der Waals surface area contributed by atoms with Crippen LogP contribution in [0.2, 0.25) is 0 Å². The number of imidazole rings is 2. The molecule has 3 aromatic carbocycles. The van der Waals surface area contributed by atoms with E-state index in [4.69, 9.17) is 9.97 Å². The molecule has 0 amide bonds. The normalized spacial score (nSPS) is 11.4. The summed E-state index contributed by atoms with van der Waals surface area (Å²) in [6.07, 6.45) is 0. The van der Waals surface area contributed by atoms with Gasteiger partial charge in [0.25, 0.3) is 0 Å². The van der Waals surface area contributed by atoms with Crippen molar-refractivity contribution in [3.63, 3.8) is 0 Å². The largest absolute Gasteiger partial charge is 0.324 e. The predicted molar refractivity (Wildman–Crippen MR) is 105 cm³/mol. The highest BCUT2D eigenvalue weighted by Crippen LogP contribution is 2.27. The molecule has 0 unspecified atom stereocenters. The molecule has 2 heterocycles. The number of hydrogen-bond donors (Lipinski definition) is 0. The topological polar surface area (TPSA) is 35.6 Å². The van der Waals surface area contributed by atoms with E-state index in [0.717, 1.165) is 40.3 Å². The van der Waals surface area contributed by atoms with Crippen LogP contribution in [-0.2, 0) is 13.6 Å². The maximum Gasteiger partial charge on any atom is 0.177 e. The van der Waals surface area contributed by atoms with Gasteiger partial charge < -0.3 is 9.13 Å². The number of benzene rings is 3. The standard InChI is InChI=1S/C22H18N4/c1-25-19-13-7-5-11-17(19)23-21(25)22-24-18-12-6-8-14-20(18)26(22)15-16-9-3-2-4-10-16/h2-14H,15H2,1H3. The van der Waals surface area contributed by atoms with Gasteiger partial charge in [-0.05, 0) is 29.8 Å². The van der Waals surface area contributed by atoms with E-state index in [2.05, 4.69) is 64.7 Å². The Kier molecular flexibility index (Phi) is 3.35. The van der Waals surface area contributed by atoms with Crippen molar-refractivity contribution in [1.29, 1.82) is 0 Å². The number of aryl methyl sites for hydroxylation is 1. The molecule has 0 radical (unpaired) electrons. The minimum Gasteiger partial charge on any atom is -0.324 e. The van der Waals surface area contributed by atoms with E-state index >= 15 is 0 Å². The Morgan fingerprint density at radius 3 is 1.96 bits per heavy atom. The van der Waals surface area contributed by atoms with E-state index in [1.165, 1.54) is 5.56 Å². The first-order valence-electron chi connectivity index (χ1n) is 8.72. The van der Waals surface area contributed by atoms with Gasteiger partial charge in [-0.3, -0.25) is 0 Å². The van der Waals surface area contributed by atoms with E-state index in [1.807, 2.05) is 30.3 Å². The molecule has 4 heteroatoms. The van der Waals surface area contributed by atoms with Gasteiger partial charge in [0.05, 0.1) is 22.1 Å². The minimum atomic E-state index is 0.764. The van der Waals surface area contributed by atoms with Gasteiger partial charge in [0.2, 0.25) is 0 Å². The molecule has 126 valence electrons. The first-order chi connectivity index (χ1) is 12.8. The van der Waals surface area contributed by atoms with Crippen LogP contribution >= 0.6 is 0 Å². The van der Waals surface area contributed by atoms with Crippen LogP contribution in [0.3, 0.4) is 0 Å². The van der Waals surface area contributed by atoms with Gasteiger partial charge in [-0.25, -0.2) is 9.97 Å². The second-order valence-electron chi connectivity index (χ2n) is 6.48. The first-order valence-corrected chi connectivity index (χ1v) is 8.72. The third-order valence-corrected chi connectivity index (χ3v) is 4.83. The molecule has 5 rings (SSSR count). The number of hydrogen-bond acceptors (Lipinski definition) is 2. The highest BCUT2D eigenvalue weighted by Gasteiger charge is 2.18. The first kappa shape index (κ1) is 14.9. The van der Waals surface area contributed by atoms with Crippen LogP contribution in [0.1, 0.15) is 5.56 Å². The van der Waals surface area contributed by atoms with E-state index in [1.54, 1.807) is 0 Å². The average molecular weight is 338 g/mol. The van der Waals surface area contributed by atoms with Crippen molar-refractivity contribution < 1.29 is 0 Å². The van der Waals surface area contributed by atoms with Gasteiger partial charge in [-0.1, -0.05) is 54.6 Å². The van der Waals surface area contributed by atoms with Crippen molar-refractivity contribution >= 4 is 22.1 Å². The van der Waals surface area contributed by atoms with Crippen LogP contribution in [0.25, 0.3) is 33.7 Å². The van der Waals surface area contributed by atoms with Crippen molar-refractivity contribution in [3.8, 4) is 11.6 Å². The molecule has 0 aliphatic heterocycles. The maximum atomic E-state index is 4.91. The zero-order valence-corrected chi connectivity index (χ0v) is 14.5. The van der Waals surface area contributed by atoms with Crippen LogP contribution in [0.5, 0.6) is 0 Å². The van der Waals surface area contributed by atoms with Crippen molar-refractivity contribution in [2.75, 3.05) is 0 Å². The lowest BCUT2D eigenvalue weighted by atomic mass is 10.2. The molecule has 0 spiro atoms. The van der Waals surface area contributed by atoms with E-state index < -0.39 is 0 Å². The quantitative estimate of drug-likeness (QED) is 0.480. The Morgan fingerprint density at radius 1 is 0.654 bits per heavy atom. The van der Waals surface area contributed by atoms with Crippen molar-refractivity contribution in [1.82, 2.24) is 19.1 Å². The fourth-order valence-corrected chi connectivity index (χ4v) is 3.52. The van der Waals surface area contributed by atoms with Crippen LogP contribution < -0.4 is 0 Å². The van der Waals surface area contributed by atoms with Crippen LogP contribution in [0.15, 0.2) is 78.9 Å². The maximum absolute atomic E-state index is 4.91. The van der Waals surface area contributed by atoms with Gasteiger partial charge >= 0.3 is 0 Å². The molecule has 0 atom stereocenters. The predicted octanol–water partition coefficient (Wildman–Crippen LogP) is 4.64. The van der Waals surface area contributed by atoms with Gasteiger partial charge in [-0.2, -0.15) is 0 Å². The molecular weight excluding hydrogens is 320 g/mol. The molecule has 0 saturated heterocycles. The molecule has 0 N–H and O–H groups in total. The Bertz CT molecular complexity index is 1220. The molecule has 0 bridgehead atoms. The second kappa shape index (κ2) is 5.85. The lowest BCUT2D eigenvalue weighted by molar-refractivity contribution is 0.813. The highest BCUT2D eigenvalue weighted by molar-refractivity contribution is 5.83. The average Bonchev–Trinajstić information content (AvgIpc) is 3.21. The summed E-state index contributed by atoms with van der Waals surface area (Å²) in [6.45, 7) is 0.764. The number of aromatic nitrogens is 4. The molecule has 2 aromatic heterocycles. The van der Waals surface area contributed by atoms with Gasteiger partial charge in [0.1, 0.15) is 0 Å². The van der Waals surface area contributed by atoms with Crippen LogP contribution in [0.4, 0.5) is 0 Å². The molecule has 0 saturated carbocycles. The van der Waals surface area contributed by atoms with E-state index in [9.17, 15) is 0 Å². The lowest BCUT2D eigenvalue weighted by Crippen LogP contribution is -2.05. The summed E-state index contributed by atoms with van der Waals surface area (Å²) >= 11 is 0. The summed E-state index contributed by atoms with van der Waals surface area (Å²) in [5, 5.41) is 0. The fraction of sp³-hybridized carbons (Fsp3) is 0.0909. The summed E-state index contributed by atoms with van der Waals surface area (Å²) in [4.78, 5) is 9.77. The summed E-state index contributed by atoms with van der Waals surface area (Å²) in [6, 6.07) is 27.0. The Hall–Kier alpha value is -3.40. The number of rotatable bonds is 3. The summed E-state index contributed by atoms with van der Waals surface area (Å²) < 4.78 is 4.38. The van der Waals surface area contributed by atoms with Crippen LogP contribution in [-0.4, -0.2) is 19.1 Å².